The number of benzene rings is 1. The van der Waals surface area contributed by atoms with E-state index in [4.69, 9.17) is 9.47 Å². The van der Waals surface area contributed by atoms with Gasteiger partial charge in [0, 0.05) is 31.9 Å². The molecule has 7 nitrogen and oxygen atoms in total. The number of pyridine rings is 1. The molecule has 2 N–H and O–H groups in total. The Balaban J connectivity index is 0.00000300. The molecular weight excluding hydrogens is 483 g/mol. The molecule has 8 heteroatoms. The summed E-state index contributed by atoms with van der Waals surface area (Å²) in [5.41, 5.74) is 1.00. The molecule has 0 amide bonds. The zero-order valence-electron chi connectivity index (χ0n) is 16.7. The van der Waals surface area contributed by atoms with Crippen molar-refractivity contribution in [1.82, 2.24) is 15.2 Å². The molecule has 1 aliphatic rings. The van der Waals surface area contributed by atoms with E-state index in [-0.39, 0.29) is 30.1 Å². The van der Waals surface area contributed by atoms with Crippen LogP contribution in [0.15, 0.2) is 53.7 Å². The Kier molecular flexibility index (Phi) is 9.99. The minimum Gasteiger partial charge on any atom is -0.490 e. The van der Waals surface area contributed by atoms with E-state index in [9.17, 15) is 5.11 Å². The van der Waals surface area contributed by atoms with Crippen molar-refractivity contribution < 1.29 is 14.6 Å². The van der Waals surface area contributed by atoms with Gasteiger partial charge in [-0.25, -0.2) is 9.98 Å². The van der Waals surface area contributed by atoms with E-state index in [2.05, 4.69) is 20.2 Å². The number of halogens is 1. The van der Waals surface area contributed by atoms with Gasteiger partial charge in [-0.1, -0.05) is 24.3 Å². The van der Waals surface area contributed by atoms with E-state index in [0.717, 1.165) is 36.8 Å². The fourth-order valence-corrected chi connectivity index (χ4v) is 2.94. The molecule has 0 saturated carbocycles. The van der Waals surface area contributed by atoms with Gasteiger partial charge in [-0.05, 0) is 31.0 Å². The second-order valence-corrected chi connectivity index (χ2v) is 6.57. The number of nitrogens with one attached hydrogen (secondary N) is 1. The lowest BCUT2D eigenvalue weighted by atomic mass is 10.3. The number of rotatable bonds is 8. The van der Waals surface area contributed by atoms with Crippen molar-refractivity contribution in [3.8, 4) is 11.6 Å². The monoisotopic (exact) mass is 512 g/mol. The van der Waals surface area contributed by atoms with Gasteiger partial charge in [-0.15, -0.1) is 24.0 Å². The molecule has 0 bridgehead atoms. The van der Waals surface area contributed by atoms with E-state index in [0.29, 0.717) is 32.2 Å². The number of para-hydroxylation sites is 1. The Bertz CT molecular complexity index is 743. The molecule has 158 valence electrons. The number of aliphatic hydroxyl groups is 1. The number of guanidine groups is 1. The highest BCUT2D eigenvalue weighted by Crippen LogP contribution is 2.12. The first-order chi connectivity index (χ1) is 13.7. The second kappa shape index (κ2) is 12.5. The van der Waals surface area contributed by atoms with Crippen LogP contribution in [0, 0.1) is 0 Å². The fraction of sp³-hybridized carbons (Fsp3) is 0.429. The molecule has 0 aliphatic carbocycles. The summed E-state index contributed by atoms with van der Waals surface area (Å²) in [4.78, 5) is 11.1. The van der Waals surface area contributed by atoms with E-state index >= 15 is 0 Å². The molecule has 1 aromatic carbocycles. The number of nitrogens with zero attached hydrogens (tertiary/aromatic N) is 3. The second-order valence-electron chi connectivity index (χ2n) is 6.57. The maximum Gasteiger partial charge on any atom is 0.213 e. The number of ether oxygens (including phenoxy) is 2. The van der Waals surface area contributed by atoms with Gasteiger partial charge in [0.2, 0.25) is 5.88 Å². The summed E-state index contributed by atoms with van der Waals surface area (Å²) < 4.78 is 11.2. The molecule has 3 rings (SSSR count). The van der Waals surface area contributed by atoms with Crippen LogP contribution in [0.3, 0.4) is 0 Å². The molecular formula is C21H29IN4O3. The maximum absolute atomic E-state index is 9.73. The fourth-order valence-electron chi connectivity index (χ4n) is 2.94. The van der Waals surface area contributed by atoms with Crippen LogP contribution in [-0.2, 0) is 6.54 Å². The molecule has 1 atom stereocenters. The van der Waals surface area contributed by atoms with Crippen LogP contribution in [-0.4, -0.2) is 59.9 Å². The minimum atomic E-state index is -0.271. The number of aromatic nitrogens is 1. The summed E-state index contributed by atoms with van der Waals surface area (Å²) >= 11 is 0. The molecule has 29 heavy (non-hydrogen) atoms. The predicted octanol–water partition coefficient (Wildman–Crippen LogP) is 2.69. The molecule has 1 aliphatic heterocycles. The number of hydrogen-bond donors (Lipinski definition) is 2. The van der Waals surface area contributed by atoms with Crippen LogP contribution in [0.5, 0.6) is 11.6 Å². The van der Waals surface area contributed by atoms with E-state index in [1.165, 1.54) is 0 Å². The van der Waals surface area contributed by atoms with E-state index in [1.807, 2.05) is 49.4 Å². The molecule has 0 radical (unpaired) electrons. The van der Waals surface area contributed by atoms with E-state index < -0.39 is 0 Å². The third kappa shape index (κ3) is 7.69. The van der Waals surface area contributed by atoms with Gasteiger partial charge in [-0.2, -0.15) is 0 Å². The molecule has 2 heterocycles. The van der Waals surface area contributed by atoms with Gasteiger partial charge in [0.1, 0.15) is 19.0 Å². The van der Waals surface area contributed by atoms with Gasteiger partial charge >= 0.3 is 0 Å². The average Bonchev–Trinajstić information content (AvgIpc) is 3.16. The summed E-state index contributed by atoms with van der Waals surface area (Å²) in [5, 5.41) is 13.0. The number of β-amino-alcohol motifs (C(OH)–C–C–N with tert-alkyl or cyclic N) is 1. The lowest BCUT2D eigenvalue weighted by Crippen LogP contribution is -2.40. The lowest BCUT2D eigenvalue weighted by Gasteiger charge is -2.20. The normalized spacial score (nSPS) is 16.3. The molecule has 1 saturated heterocycles. The molecule has 0 spiro atoms. The SMILES string of the molecule is CCNC(=NCc1ccc(OCCOc2ccccc2)nc1)N1CC[C@@H](O)C1.I. The van der Waals surface area contributed by atoms with Crippen molar-refractivity contribution in [2.24, 2.45) is 4.99 Å². The van der Waals surface area contributed by atoms with Gasteiger partial charge in [0.05, 0.1) is 12.6 Å². The van der Waals surface area contributed by atoms with Crippen LogP contribution in [0.1, 0.15) is 18.9 Å². The highest BCUT2D eigenvalue weighted by atomic mass is 127. The van der Waals surface area contributed by atoms with E-state index in [1.54, 1.807) is 6.20 Å². The van der Waals surface area contributed by atoms with Gasteiger partial charge < -0.3 is 24.8 Å². The zero-order chi connectivity index (χ0) is 19.6. The Labute approximate surface area is 189 Å². The number of likely N-dealkylation sites (tertiary alicyclic amines) is 1. The first-order valence-electron chi connectivity index (χ1n) is 9.71. The first kappa shape index (κ1) is 23.2. The summed E-state index contributed by atoms with van der Waals surface area (Å²) in [6.45, 7) is 5.70. The third-order valence-electron chi connectivity index (χ3n) is 4.35. The van der Waals surface area contributed by atoms with Crippen molar-refractivity contribution in [1.29, 1.82) is 0 Å². The Hall–Kier alpha value is -2.07. The van der Waals surface area contributed by atoms with Crippen molar-refractivity contribution in [2.45, 2.75) is 26.0 Å². The van der Waals surface area contributed by atoms with Crippen molar-refractivity contribution in [2.75, 3.05) is 32.8 Å². The van der Waals surface area contributed by atoms with Crippen LogP contribution < -0.4 is 14.8 Å². The summed E-state index contributed by atoms with van der Waals surface area (Å²) in [6, 6.07) is 13.5. The summed E-state index contributed by atoms with van der Waals surface area (Å²) in [7, 11) is 0. The minimum absolute atomic E-state index is 0. The standard InChI is InChI=1S/C21H28N4O3.HI/c1-2-22-21(25-11-10-18(26)16-25)24-15-17-8-9-20(23-14-17)28-13-12-27-19-6-4-3-5-7-19;/h3-9,14,18,26H,2,10-13,15-16H2,1H3,(H,22,24);1H/t18-;/m1./s1. The Morgan fingerprint density at radius 2 is 2.00 bits per heavy atom. The number of aliphatic hydroxyl groups excluding tert-OH is 1. The Morgan fingerprint density at radius 3 is 2.66 bits per heavy atom. The van der Waals surface area contributed by atoms with Gasteiger partial charge in [0.25, 0.3) is 0 Å². The van der Waals surface area contributed by atoms with Crippen LogP contribution in [0.25, 0.3) is 0 Å². The molecule has 1 fully saturated rings. The van der Waals surface area contributed by atoms with Crippen molar-refractivity contribution >= 4 is 29.9 Å². The molecule has 0 unspecified atom stereocenters. The zero-order valence-corrected chi connectivity index (χ0v) is 19.0. The molecule has 2 aromatic rings. The highest BCUT2D eigenvalue weighted by molar-refractivity contribution is 14.0. The van der Waals surface area contributed by atoms with Crippen LogP contribution >= 0.6 is 24.0 Å². The Morgan fingerprint density at radius 1 is 1.21 bits per heavy atom. The predicted molar refractivity (Wildman–Crippen MR) is 124 cm³/mol. The number of aliphatic imine (C=N–C) groups is 1. The third-order valence-corrected chi connectivity index (χ3v) is 4.35. The van der Waals surface area contributed by atoms with Gasteiger partial charge in [-0.3, -0.25) is 0 Å². The topological polar surface area (TPSA) is 79.2 Å². The van der Waals surface area contributed by atoms with Crippen molar-refractivity contribution in [3.05, 3.63) is 54.2 Å². The largest absolute Gasteiger partial charge is 0.490 e. The van der Waals surface area contributed by atoms with Crippen LogP contribution in [0.4, 0.5) is 0 Å². The lowest BCUT2D eigenvalue weighted by molar-refractivity contribution is 0.188. The van der Waals surface area contributed by atoms with Crippen LogP contribution in [0.2, 0.25) is 0 Å². The number of hydrogen-bond acceptors (Lipinski definition) is 5. The smallest absolute Gasteiger partial charge is 0.213 e. The first-order valence-corrected chi connectivity index (χ1v) is 9.71. The van der Waals surface area contributed by atoms with Crippen molar-refractivity contribution in [3.63, 3.8) is 0 Å². The average molecular weight is 512 g/mol. The quantitative estimate of drug-likeness (QED) is 0.245. The summed E-state index contributed by atoms with van der Waals surface area (Å²) in [6.07, 6.45) is 2.29. The summed E-state index contributed by atoms with van der Waals surface area (Å²) in [5.74, 6) is 2.23. The maximum atomic E-state index is 9.73. The van der Waals surface area contributed by atoms with Gasteiger partial charge in [0.15, 0.2) is 5.96 Å². The molecule has 1 aromatic heterocycles. The highest BCUT2D eigenvalue weighted by Gasteiger charge is 2.22.